The molecule has 0 saturated carbocycles. The molecule has 3 aromatic carbocycles. The van der Waals surface area contributed by atoms with Crippen molar-refractivity contribution < 1.29 is 14.0 Å². The van der Waals surface area contributed by atoms with Crippen LogP contribution in [0, 0.1) is 5.82 Å². The summed E-state index contributed by atoms with van der Waals surface area (Å²) >= 11 is 7.86. The zero-order valence-corrected chi connectivity index (χ0v) is 19.8. The largest absolute Gasteiger partial charge is 0.310 e. The second-order valence-corrected chi connectivity index (χ2v) is 11.3. The predicted octanol–water partition coefficient (Wildman–Crippen LogP) is 5.85. The van der Waals surface area contributed by atoms with Crippen LogP contribution in [-0.2, 0) is 16.2 Å². The third kappa shape index (κ3) is 3.62. The summed E-state index contributed by atoms with van der Waals surface area (Å²) < 4.78 is 13.1. The van der Waals surface area contributed by atoms with E-state index in [0.717, 1.165) is 11.3 Å². The molecule has 0 N–H and O–H groups in total. The zero-order chi connectivity index (χ0) is 23.4. The monoisotopic (exact) mass is 480 g/mol. The molecule has 5 rings (SSSR count). The molecule has 2 aliphatic rings. The van der Waals surface area contributed by atoms with Crippen molar-refractivity contribution >= 4 is 40.9 Å². The lowest BCUT2D eigenvalue weighted by Gasteiger charge is -2.33. The highest BCUT2D eigenvalue weighted by atomic mass is 35.5. The third-order valence-corrected chi connectivity index (χ3v) is 7.84. The average Bonchev–Trinajstić information content (AvgIpc) is 3.20. The third-order valence-electron chi connectivity index (χ3n) is 6.01. The molecule has 0 aromatic heterocycles. The van der Waals surface area contributed by atoms with E-state index in [0.29, 0.717) is 29.2 Å². The van der Waals surface area contributed by atoms with Gasteiger partial charge in [0.1, 0.15) is 5.82 Å². The number of carbonyl (C=O) groups is 2. The number of thioether (sulfide) groups is 1. The molecule has 1 fully saturated rings. The first-order valence-electron chi connectivity index (χ1n) is 10.6. The Labute approximate surface area is 201 Å². The summed E-state index contributed by atoms with van der Waals surface area (Å²) in [6, 6.07) is 20.6. The first-order valence-corrected chi connectivity index (χ1v) is 11.8. The fourth-order valence-corrected chi connectivity index (χ4v) is 6.54. The molecular weight excluding hydrogens is 459 g/mol. The van der Waals surface area contributed by atoms with Gasteiger partial charge < -0.3 is 9.80 Å². The fraction of sp³-hybridized carbons (Fsp3) is 0.231. The first-order chi connectivity index (χ1) is 15.7. The molecule has 0 radical (unpaired) electrons. The molecule has 3 aromatic rings. The van der Waals surface area contributed by atoms with E-state index in [-0.39, 0.29) is 16.6 Å². The Morgan fingerprint density at radius 3 is 2.45 bits per heavy atom. The Morgan fingerprint density at radius 1 is 1.06 bits per heavy atom. The molecule has 168 valence electrons. The van der Waals surface area contributed by atoms with E-state index >= 15 is 0 Å². The normalized spacial score (nSPS) is 21.0. The predicted molar refractivity (Wildman–Crippen MR) is 130 cm³/mol. The molecule has 2 amide bonds. The van der Waals surface area contributed by atoms with Crippen LogP contribution >= 0.6 is 23.4 Å². The number of fused-ring (bicyclic) bond motifs is 2. The van der Waals surface area contributed by atoms with Crippen LogP contribution in [0.5, 0.6) is 0 Å². The van der Waals surface area contributed by atoms with E-state index < -0.39 is 10.7 Å². The summed E-state index contributed by atoms with van der Waals surface area (Å²) in [5.74, 6) is -0.899. The summed E-state index contributed by atoms with van der Waals surface area (Å²) in [6.45, 7) is 4.80. The minimum Gasteiger partial charge on any atom is -0.310 e. The van der Waals surface area contributed by atoms with Crippen molar-refractivity contribution in [3.63, 3.8) is 0 Å². The highest BCUT2D eigenvalue weighted by Gasteiger charge is 2.63. The van der Waals surface area contributed by atoms with Crippen molar-refractivity contribution in [2.45, 2.75) is 30.0 Å². The molecule has 0 unspecified atom stereocenters. The lowest BCUT2D eigenvalue weighted by molar-refractivity contribution is -0.123. The standard InChI is InChI=1S/C26H22ClFN2O2S/c1-25(2)16-30(23(31)18-8-11-20(28)12-9-18)26(33-25)21-14-19(27)10-13-22(21)29(24(26)32)15-17-6-4-3-5-7-17/h3-14H,15-16H2,1-2H3/t26-/m0/s1. The molecular formula is C26H22ClFN2O2S. The van der Waals surface area contributed by atoms with E-state index in [2.05, 4.69) is 0 Å². The van der Waals surface area contributed by atoms with Crippen LogP contribution in [0.2, 0.25) is 5.02 Å². The zero-order valence-electron chi connectivity index (χ0n) is 18.2. The Bertz CT molecular complexity index is 1250. The van der Waals surface area contributed by atoms with Crippen molar-refractivity contribution in [1.29, 1.82) is 0 Å². The number of amides is 2. The lowest BCUT2D eigenvalue weighted by atomic mass is 10.0. The fourth-order valence-electron chi connectivity index (χ4n) is 4.65. The number of benzene rings is 3. The van der Waals surface area contributed by atoms with Crippen molar-refractivity contribution in [2.75, 3.05) is 11.4 Å². The molecule has 1 spiro atoms. The van der Waals surface area contributed by atoms with Gasteiger partial charge in [0.25, 0.3) is 11.8 Å². The molecule has 1 saturated heterocycles. The Balaban J connectivity index is 1.65. The van der Waals surface area contributed by atoms with Gasteiger partial charge in [0.2, 0.25) is 0 Å². The Kier molecular flexibility index (Phi) is 5.26. The molecule has 1 atom stereocenters. The van der Waals surface area contributed by atoms with Crippen LogP contribution in [0.25, 0.3) is 0 Å². The lowest BCUT2D eigenvalue weighted by Crippen LogP contribution is -2.50. The highest BCUT2D eigenvalue weighted by Crippen LogP contribution is 2.60. The number of rotatable bonds is 3. The number of hydrogen-bond donors (Lipinski definition) is 0. The summed E-state index contributed by atoms with van der Waals surface area (Å²) in [5, 5.41) is 0.502. The Morgan fingerprint density at radius 2 is 1.76 bits per heavy atom. The van der Waals surface area contributed by atoms with Crippen LogP contribution in [-0.4, -0.2) is 28.0 Å². The number of anilines is 1. The quantitative estimate of drug-likeness (QED) is 0.472. The van der Waals surface area contributed by atoms with Crippen molar-refractivity contribution in [3.8, 4) is 0 Å². The van der Waals surface area contributed by atoms with E-state index in [9.17, 15) is 14.0 Å². The molecule has 4 nitrogen and oxygen atoms in total. The van der Waals surface area contributed by atoms with Gasteiger partial charge in [0.15, 0.2) is 4.87 Å². The maximum Gasteiger partial charge on any atom is 0.268 e. The van der Waals surface area contributed by atoms with Crippen molar-refractivity contribution in [1.82, 2.24) is 4.90 Å². The summed E-state index contributed by atoms with van der Waals surface area (Å²) in [4.78, 5) is 30.0. The maximum atomic E-state index is 14.2. The Hall–Kier alpha value is -2.83. The molecule has 33 heavy (non-hydrogen) atoms. The van der Waals surface area contributed by atoms with Gasteiger partial charge in [-0.05, 0) is 61.9 Å². The number of hydrogen-bond acceptors (Lipinski definition) is 3. The minimum absolute atomic E-state index is 0.172. The number of carbonyl (C=O) groups excluding carboxylic acids is 2. The van der Waals surface area contributed by atoms with Crippen molar-refractivity contribution in [3.05, 3.63) is 100 Å². The van der Waals surface area contributed by atoms with Gasteiger partial charge in [-0.25, -0.2) is 4.39 Å². The molecule has 2 heterocycles. The van der Waals surface area contributed by atoms with Crippen LogP contribution in [0.4, 0.5) is 10.1 Å². The van der Waals surface area contributed by atoms with Gasteiger partial charge in [-0.15, -0.1) is 11.8 Å². The second kappa shape index (κ2) is 7.89. The van der Waals surface area contributed by atoms with E-state index in [1.807, 2.05) is 50.2 Å². The number of halogens is 2. The molecule has 7 heteroatoms. The first kappa shape index (κ1) is 22.0. The molecule has 2 aliphatic heterocycles. The van der Waals surface area contributed by atoms with Crippen LogP contribution < -0.4 is 4.90 Å². The molecule has 0 bridgehead atoms. The van der Waals surface area contributed by atoms with Gasteiger partial charge in [0.05, 0.1) is 12.2 Å². The van der Waals surface area contributed by atoms with Gasteiger partial charge in [0, 0.05) is 27.4 Å². The van der Waals surface area contributed by atoms with Crippen LogP contribution in [0.1, 0.15) is 35.3 Å². The summed E-state index contributed by atoms with van der Waals surface area (Å²) in [5.41, 5.74) is 2.78. The smallest absolute Gasteiger partial charge is 0.268 e. The van der Waals surface area contributed by atoms with Gasteiger partial charge in [-0.1, -0.05) is 41.9 Å². The van der Waals surface area contributed by atoms with Gasteiger partial charge >= 0.3 is 0 Å². The van der Waals surface area contributed by atoms with Crippen LogP contribution in [0.3, 0.4) is 0 Å². The number of nitrogens with zero attached hydrogens (tertiary/aromatic N) is 2. The average molecular weight is 481 g/mol. The van der Waals surface area contributed by atoms with E-state index in [1.54, 1.807) is 21.9 Å². The van der Waals surface area contributed by atoms with Crippen molar-refractivity contribution in [2.24, 2.45) is 0 Å². The summed E-state index contributed by atoms with van der Waals surface area (Å²) in [7, 11) is 0. The second-order valence-electron chi connectivity index (χ2n) is 8.94. The maximum absolute atomic E-state index is 14.2. The summed E-state index contributed by atoms with van der Waals surface area (Å²) in [6.07, 6.45) is 0. The van der Waals surface area contributed by atoms with E-state index in [1.165, 1.54) is 36.0 Å². The highest BCUT2D eigenvalue weighted by molar-refractivity contribution is 8.02. The minimum atomic E-state index is -1.25. The SMILES string of the molecule is CC1(C)CN(C(=O)c2ccc(F)cc2)[C@@]2(S1)C(=O)N(Cc1ccccc1)c1ccc(Cl)cc12. The topological polar surface area (TPSA) is 40.6 Å². The van der Waals surface area contributed by atoms with Gasteiger partial charge in [-0.3, -0.25) is 9.59 Å². The van der Waals surface area contributed by atoms with E-state index in [4.69, 9.17) is 11.6 Å². The molecule has 0 aliphatic carbocycles. The van der Waals surface area contributed by atoms with Crippen LogP contribution in [0.15, 0.2) is 72.8 Å². The van der Waals surface area contributed by atoms with Gasteiger partial charge in [-0.2, -0.15) is 0 Å².